The van der Waals surface area contributed by atoms with Crippen LogP contribution in [-0.4, -0.2) is 36.3 Å². The third-order valence-electron chi connectivity index (χ3n) is 3.32. The van der Waals surface area contributed by atoms with Gasteiger partial charge in [-0.05, 0) is 43.5 Å². The first kappa shape index (κ1) is 17.6. The molecule has 3 nitrogen and oxygen atoms in total. The predicted octanol–water partition coefficient (Wildman–Crippen LogP) is 2.91. The second-order valence-corrected chi connectivity index (χ2v) is 5.90. The number of aliphatic hydroxyl groups is 1. The highest BCUT2D eigenvalue weighted by Crippen LogP contribution is 2.20. The predicted molar refractivity (Wildman–Crippen MR) is 87.3 cm³/mol. The lowest BCUT2D eigenvalue weighted by Crippen LogP contribution is -2.33. The third-order valence-corrected chi connectivity index (χ3v) is 3.32. The molecule has 1 aromatic rings. The number of rotatable bonds is 6. The van der Waals surface area contributed by atoms with Gasteiger partial charge >= 0.3 is 0 Å². The Kier molecular flexibility index (Phi) is 7.28. The molecular formula is C18H27NO2. The number of ether oxygens (including phenoxy) is 1. The van der Waals surface area contributed by atoms with Crippen LogP contribution in [0, 0.1) is 17.8 Å². The average molecular weight is 289 g/mol. The maximum absolute atomic E-state index is 8.90. The Morgan fingerprint density at radius 3 is 2.48 bits per heavy atom. The van der Waals surface area contributed by atoms with Gasteiger partial charge in [0, 0.05) is 24.7 Å². The van der Waals surface area contributed by atoms with Crippen molar-refractivity contribution in [1.29, 1.82) is 0 Å². The molecule has 1 aromatic carbocycles. The fraction of sp³-hybridized carbons (Fsp3) is 0.556. The molecule has 0 unspecified atom stereocenters. The number of aliphatic hydroxyl groups excluding tert-OH is 1. The summed E-state index contributed by atoms with van der Waals surface area (Å²) in [6.07, 6.45) is 0. The number of benzene rings is 1. The van der Waals surface area contributed by atoms with Crippen molar-refractivity contribution in [2.24, 2.45) is 5.92 Å². The van der Waals surface area contributed by atoms with E-state index in [1.54, 1.807) is 7.11 Å². The van der Waals surface area contributed by atoms with Crippen molar-refractivity contribution in [3.63, 3.8) is 0 Å². The van der Waals surface area contributed by atoms with Crippen molar-refractivity contribution in [3.05, 3.63) is 29.3 Å². The van der Waals surface area contributed by atoms with Gasteiger partial charge in [-0.1, -0.05) is 25.7 Å². The van der Waals surface area contributed by atoms with E-state index in [0.717, 1.165) is 30.0 Å². The normalized spacial score (nSPS) is 10.9. The molecule has 0 amide bonds. The van der Waals surface area contributed by atoms with Crippen LogP contribution in [0.15, 0.2) is 18.2 Å². The summed E-state index contributed by atoms with van der Waals surface area (Å²) >= 11 is 0. The molecule has 0 radical (unpaired) electrons. The van der Waals surface area contributed by atoms with E-state index in [1.807, 2.05) is 18.2 Å². The Bertz CT molecular complexity index is 498. The second kappa shape index (κ2) is 8.71. The molecule has 0 saturated carbocycles. The van der Waals surface area contributed by atoms with E-state index in [1.165, 1.54) is 0 Å². The van der Waals surface area contributed by atoms with Gasteiger partial charge in [0.15, 0.2) is 0 Å². The fourth-order valence-corrected chi connectivity index (χ4v) is 2.23. The van der Waals surface area contributed by atoms with Crippen molar-refractivity contribution < 1.29 is 9.84 Å². The summed E-state index contributed by atoms with van der Waals surface area (Å²) in [5.41, 5.74) is 2.10. The Morgan fingerprint density at radius 2 is 1.95 bits per heavy atom. The highest BCUT2D eigenvalue weighted by atomic mass is 16.5. The molecular weight excluding hydrogens is 262 g/mol. The summed E-state index contributed by atoms with van der Waals surface area (Å²) in [4.78, 5) is 2.43. The van der Waals surface area contributed by atoms with Crippen LogP contribution in [0.2, 0.25) is 0 Å². The molecule has 0 fully saturated rings. The average Bonchev–Trinajstić information content (AvgIpc) is 2.44. The van der Waals surface area contributed by atoms with Gasteiger partial charge in [0.25, 0.3) is 0 Å². The zero-order valence-electron chi connectivity index (χ0n) is 13.8. The van der Waals surface area contributed by atoms with Gasteiger partial charge in [-0.3, -0.25) is 4.90 Å². The quantitative estimate of drug-likeness (QED) is 0.817. The number of hydrogen-bond acceptors (Lipinski definition) is 3. The largest absolute Gasteiger partial charge is 0.497 e. The topological polar surface area (TPSA) is 32.7 Å². The van der Waals surface area contributed by atoms with Crippen molar-refractivity contribution in [2.75, 3.05) is 20.3 Å². The Hall–Kier alpha value is -1.50. The van der Waals surface area contributed by atoms with E-state index in [-0.39, 0.29) is 6.61 Å². The summed E-state index contributed by atoms with van der Waals surface area (Å²) in [5.74, 6) is 7.22. The second-order valence-electron chi connectivity index (χ2n) is 5.90. The standard InChI is InChI=1S/C18H27NO2/c1-14(2)12-19(15(3)4)13-17-11-18(21-5)9-8-16(17)7-6-10-20/h8-9,11,14-15,20H,10,12-13H2,1-5H3. The van der Waals surface area contributed by atoms with Crippen LogP contribution in [0.1, 0.15) is 38.8 Å². The van der Waals surface area contributed by atoms with Gasteiger partial charge in [-0.25, -0.2) is 0 Å². The molecule has 0 aromatic heterocycles. The molecule has 1 N–H and O–H groups in total. The minimum atomic E-state index is -0.120. The maximum Gasteiger partial charge on any atom is 0.119 e. The van der Waals surface area contributed by atoms with Crippen LogP contribution >= 0.6 is 0 Å². The summed E-state index contributed by atoms with van der Waals surface area (Å²) in [6.45, 7) is 10.6. The van der Waals surface area contributed by atoms with Gasteiger partial charge in [0.1, 0.15) is 12.4 Å². The monoisotopic (exact) mass is 289 g/mol. The molecule has 0 aliphatic heterocycles. The van der Waals surface area contributed by atoms with Crippen LogP contribution < -0.4 is 4.74 Å². The molecule has 0 aliphatic rings. The summed E-state index contributed by atoms with van der Waals surface area (Å²) < 4.78 is 5.32. The van der Waals surface area contributed by atoms with E-state index in [4.69, 9.17) is 9.84 Å². The molecule has 1 rings (SSSR count). The SMILES string of the molecule is COc1ccc(C#CCO)c(CN(CC(C)C)C(C)C)c1. The van der Waals surface area contributed by atoms with Crippen LogP contribution in [0.4, 0.5) is 0 Å². The Labute approximate surface area is 128 Å². The summed E-state index contributed by atoms with van der Waals surface area (Å²) in [7, 11) is 1.67. The fourth-order valence-electron chi connectivity index (χ4n) is 2.23. The zero-order chi connectivity index (χ0) is 15.8. The minimum absolute atomic E-state index is 0.120. The summed E-state index contributed by atoms with van der Waals surface area (Å²) in [6, 6.07) is 6.38. The number of hydrogen-bond donors (Lipinski definition) is 1. The lowest BCUT2D eigenvalue weighted by atomic mass is 10.0. The van der Waals surface area contributed by atoms with Gasteiger partial charge in [-0.2, -0.15) is 0 Å². The molecule has 0 bridgehead atoms. The van der Waals surface area contributed by atoms with Crippen LogP contribution in [0.3, 0.4) is 0 Å². The first-order chi connectivity index (χ1) is 9.97. The van der Waals surface area contributed by atoms with E-state index in [0.29, 0.717) is 12.0 Å². The lowest BCUT2D eigenvalue weighted by Gasteiger charge is -2.28. The molecule has 0 saturated heterocycles. The highest BCUT2D eigenvalue weighted by molar-refractivity contribution is 5.45. The first-order valence-electron chi connectivity index (χ1n) is 7.48. The smallest absolute Gasteiger partial charge is 0.119 e. The highest BCUT2D eigenvalue weighted by Gasteiger charge is 2.14. The number of nitrogens with zero attached hydrogens (tertiary/aromatic N) is 1. The molecule has 0 atom stereocenters. The van der Waals surface area contributed by atoms with Crippen molar-refractivity contribution in [2.45, 2.75) is 40.3 Å². The van der Waals surface area contributed by atoms with Crippen molar-refractivity contribution >= 4 is 0 Å². The first-order valence-corrected chi connectivity index (χ1v) is 7.48. The minimum Gasteiger partial charge on any atom is -0.497 e. The number of methoxy groups -OCH3 is 1. The van der Waals surface area contributed by atoms with E-state index < -0.39 is 0 Å². The molecule has 3 heteroatoms. The molecule has 0 heterocycles. The van der Waals surface area contributed by atoms with E-state index in [2.05, 4.69) is 44.4 Å². The van der Waals surface area contributed by atoms with E-state index in [9.17, 15) is 0 Å². The lowest BCUT2D eigenvalue weighted by molar-refractivity contribution is 0.189. The van der Waals surface area contributed by atoms with Gasteiger partial charge in [0.05, 0.1) is 7.11 Å². The van der Waals surface area contributed by atoms with Crippen LogP contribution in [0.25, 0.3) is 0 Å². The van der Waals surface area contributed by atoms with Gasteiger partial charge in [0.2, 0.25) is 0 Å². The Morgan fingerprint density at radius 1 is 1.24 bits per heavy atom. The van der Waals surface area contributed by atoms with Crippen molar-refractivity contribution in [3.8, 4) is 17.6 Å². The van der Waals surface area contributed by atoms with Gasteiger partial charge in [-0.15, -0.1) is 0 Å². The third kappa shape index (κ3) is 5.79. The molecule has 0 aliphatic carbocycles. The van der Waals surface area contributed by atoms with Crippen LogP contribution in [0.5, 0.6) is 5.75 Å². The molecule has 116 valence electrons. The molecule has 21 heavy (non-hydrogen) atoms. The Balaban J connectivity index is 3.06. The van der Waals surface area contributed by atoms with Gasteiger partial charge < -0.3 is 9.84 Å². The van der Waals surface area contributed by atoms with Crippen LogP contribution in [-0.2, 0) is 6.54 Å². The zero-order valence-corrected chi connectivity index (χ0v) is 13.8. The summed E-state index contributed by atoms with van der Waals surface area (Å²) in [5, 5.41) is 8.90. The van der Waals surface area contributed by atoms with Crippen molar-refractivity contribution in [1.82, 2.24) is 4.90 Å². The maximum atomic E-state index is 8.90. The van der Waals surface area contributed by atoms with E-state index >= 15 is 0 Å². The molecule has 0 spiro atoms.